The fraction of sp³-hybridized carbons (Fsp3) is 0.111. The van der Waals surface area contributed by atoms with Crippen molar-refractivity contribution < 1.29 is 23.5 Å². The Hall–Kier alpha value is -4.32. The van der Waals surface area contributed by atoms with Gasteiger partial charge in [-0.05, 0) is 47.9 Å². The minimum absolute atomic E-state index is 0.0129. The predicted molar refractivity (Wildman–Crippen MR) is 124 cm³/mol. The van der Waals surface area contributed by atoms with Crippen LogP contribution in [-0.4, -0.2) is 18.5 Å². The normalized spacial score (nSPS) is 10.4. The minimum Gasteiger partial charge on any atom is -0.486 e. The van der Waals surface area contributed by atoms with Crippen molar-refractivity contribution in [2.75, 3.05) is 11.9 Å². The molecule has 6 nitrogen and oxygen atoms in total. The summed E-state index contributed by atoms with van der Waals surface area (Å²) in [6, 6.07) is 29.9. The molecular weight excluding hydrogens is 418 g/mol. The van der Waals surface area contributed by atoms with E-state index in [1.807, 2.05) is 84.9 Å². The van der Waals surface area contributed by atoms with E-state index in [2.05, 4.69) is 5.32 Å². The molecule has 166 valence electrons. The quantitative estimate of drug-likeness (QED) is 0.359. The Bertz CT molecular complexity index is 1200. The molecular formula is C27H23NO5. The number of carbonyl (C=O) groups is 2. The second-order valence-corrected chi connectivity index (χ2v) is 7.31. The van der Waals surface area contributed by atoms with Gasteiger partial charge in [-0.25, -0.2) is 4.79 Å². The second kappa shape index (κ2) is 10.8. The number of hydrogen-bond acceptors (Lipinski definition) is 5. The number of furan rings is 1. The van der Waals surface area contributed by atoms with E-state index in [-0.39, 0.29) is 12.4 Å². The summed E-state index contributed by atoms with van der Waals surface area (Å²) in [4.78, 5) is 24.6. The van der Waals surface area contributed by atoms with Crippen LogP contribution in [0.1, 0.15) is 27.4 Å². The Balaban J connectivity index is 1.28. The van der Waals surface area contributed by atoms with E-state index >= 15 is 0 Å². The van der Waals surface area contributed by atoms with Gasteiger partial charge >= 0.3 is 5.97 Å². The summed E-state index contributed by atoms with van der Waals surface area (Å²) in [6.45, 7) is -0.245. The van der Waals surface area contributed by atoms with Gasteiger partial charge in [0.25, 0.3) is 5.91 Å². The van der Waals surface area contributed by atoms with Gasteiger partial charge in [-0.1, -0.05) is 66.7 Å². The molecule has 0 saturated carbocycles. The minimum atomic E-state index is -0.714. The first-order valence-electron chi connectivity index (χ1n) is 10.5. The highest BCUT2D eigenvalue weighted by molar-refractivity contribution is 5.95. The Morgan fingerprint density at radius 3 is 2.27 bits per heavy atom. The molecule has 0 fully saturated rings. The molecule has 0 saturated heterocycles. The molecule has 1 amide bonds. The van der Waals surface area contributed by atoms with Crippen LogP contribution in [-0.2, 0) is 22.6 Å². The summed E-state index contributed by atoms with van der Waals surface area (Å²) in [6.07, 6.45) is 0.678. The van der Waals surface area contributed by atoms with Gasteiger partial charge in [0, 0.05) is 5.69 Å². The van der Waals surface area contributed by atoms with Gasteiger partial charge in [0.1, 0.15) is 18.1 Å². The van der Waals surface area contributed by atoms with Gasteiger partial charge < -0.3 is 19.2 Å². The van der Waals surface area contributed by atoms with Crippen LogP contribution in [0.15, 0.2) is 101 Å². The van der Waals surface area contributed by atoms with E-state index in [9.17, 15) is 9.59 Å². The number of nitrogens with one attached hydrogen (secondary N) is 1. The van der Waals surface area contributed by atoms with Gasteiger partial charge in [0.05, 0.1) is 0 Å². The third-order valence-electron chi connectivity index (χ3n) is 4.85. The molecule has 33 heavy (non-hydrogen) atoms. The van der Waals surface area contributed by atoms with Gasteiger partial charge in [0.2, 0.25) is 5.76 Å². The van der Waals surface area contributed by atoms with Crippen LogP contribution in [0.25, 0.3) is 0 Å². The standard InChI is InChI=1S/C27H23NO5/c29-26(28-24-14-8-7-11-21(24)17-20-9-3-1-4-10-20)19-32-27(30)25-16-15-23(33-25)18-31-22-12-5-2-6-13-22/h1-16H,17-19H2,(H,28,29). The van der Waals surface area contributed by atoms with E-state index in [1.165, 1.54) is 6.07 Å². The molecule has 1 heterocycles. The smallest absolute Gasteiger partial charge is 0.374 e. The van der Waals surface area contributed by atoms with Crippen molar-refractivity contribution in [2.24, 2.45) is 0 Å². The van der Waals surface area contributed by atoms with Gasteiger partial charge in [-0.15, -0.1) is 0 Å². The second-order valence-electron chi connectivity index (χ2n) is 7.31. The van der Waals surface area contributed by atoms with Gasteiger partial charge in [0.15, 0.2) is 6.61 Å². The van der Waals surface area contributed by atoms with E-state index in [0.717, 1.165) is 11.1 Å². The molecule has 0 aliphatic heterocycles. The van der Waals surface area contributed by atoms with E-state index in [1.54, 1.807) is 6.07 Å². The monoisotopic (exact) mass is 441 g/mol. The van der Waals surface area contributed by atoms with Crippen molar-refractivity contribution >= 4 is 17.6 Å². The number of rotatable bonds is 9. The number of hydrogen-bond donors (Lipinski definition) is 1. The zero-order chi connectivity index (χ0) is 22.9. The summed E-state index contributed by atoms with van der Waals surface area (Å²) in [5.74, 6) is 0.0445. The van der Waals surface area contributed by atoms with Crippen molar-refractivity contribution in [3.8, 4) is 5.75 Å². The third kappa shape index (κ3) is 6.33. The SMILES string of the molecule is O=C(COC(=O)c1ccc(COc2ccccc2)o1)Nc1ccccc1Cc1ccccc1. The predicted octanol–water partition coefficient (Wildman–Crippen LogP) is 5.24. The maximum atomic E-state index is 12.4. The topological polar surface area (TPSA) is 77.8 Å². The molecule has 0 bridgehead atoms. The Kier molecular flexibility index (Phi) is 7.18. The number of amides is 1. The number of ether oxygens (including phenoxy) is 2. The average molecular weight is 441 g/mol. The molecule has 0 atom stereocenters. The van der Waals surface area contributed by atoms with Crippen LogP contribution < -0.4 is 10.1 Å². The van der Waals surface area contributed by atoms with E-state index < -0.39 is 18.5 Å². The molecule has 0 unspecified atom stereocenters. The lowest BCUT2D eigenvalue weighted by Crippen LogP contribution is -2.21. The molecule has 0 radical (unpaired) electrons. The molecule has 0 aliphatic rings. The number of para-hydroxylation sites is 2. The highest BCUT2D eigenvalue weighted by Gasteiger charge is 2.16. The van der Waals surface area contributed by atoms with Crippen molar-refractivity contribution in [1.82, 2.24) is 0 Å². The Morgan fingerprint density at radius 1 is 0.788 bits per heavy atom. The lowest BCUT2D eigenvalue weighted by molar-refractivity contribution is -0.119. The summed E-state index contributed by atoms with van der Waals surface area (Å²) in [7, 11) is 0. The largest absolute Gasteiger partial charge is 0.486 e. The van der Waals surface area contributed by atoms with Crippen LogP contribution in [0.3, 0.4) is 0 Å². The summed E-state index contributed by atoms with van der Waals surface area (Å²) >= 11 is 0. The highest BCUT2D eigenvalue weighted by Crippen LogP contribution is 2.19. The molecule has 0 aliphatic carbocycles. The third-order valence-corrected chi connectivity index (χ3v) is 4.85. The average Bonchev–Trinajstić information content (AvgIpc) is 3.33. The van der Waals surface area contributed by atoms with Gasteiger partial charge in [-0.3, -0.25) is 4.79 Å². The zero-order valence-corrected chi connectivity index (χ0v) is 17.9. The maximum absolute atomic E-state index is 12.4. The van der Waals surface area contributed by atoms with Crippen molar-refractivity contribution in [3.05, 3.63) is 120 Å². The number of carbonyl (C=O) groups excluding carboxylic acids is 2. The van der Waals surface area contributed by atoms with E-state index in [4.69, 9.17) is 13.9 Å². The van der Waals surface area contributed by atoms with Crippen LogP contribution in [0.2, 0.25) is 0 Å². The van der Waals surface area contributed by atoms with Crippen LogP contribution in [0.5, 0.6) is 5.75 Å². The fourth-order valence-corrected chi connectivity index (χ4v) is 3.24. The molecule has 0 spiro atoms. The zero-order valence-electron chi connectivity index (χ0n) is 17.9. The van der Waals surface area contributed by atoms with Crippen LogP contribution in [0, 0.1) is 0 Å². The van der Waals surface area contributed by atoms with E-state index in [0.29, 0.717) is 23.6 Å². The lowest BCUT2D eigenvalue weighted by atomic mass is 10.0. The molecule has 6 heteroatoms. The van der Waals surface area contributed by atoms with Crippen molar-refractivity contribution in [2.45, 2.75) is 13.0 Å². The summed E-state index contributed by atoms with van der Waals surface area (Å²) < 4.78 is 16.2. The van der Waals surface area contributed by atoms with Crippen molar-refractivity contribution in [3.63, 3.8) is 0 Å². The molecule has 4 rings (SSSR count). The number of esters is 1. The summed E-state index contributed by atoms with van der Waals surface area (Å²) in [5.41, 5.74) is 2.79. The molecule has 3 aromatic carbocycles. The lowest BCUT2D eigenvalue weighted by Gasteiger charge is -2.11. The number of anilines is 1. The first-order chi connectivity index (χ1) is 16.2. The molecule has 1 N–H and O–H groups in total. The van der Waals surface area contributed by atoms with Crippen molar-refractivity contribution in [1.29, 1.82) is 0 Å². The maximum Gasteiger partial charge on any atom is 0.374 e. The van der Waals surface area contributed by atoms with Crippen LogP contribution >= 0.6 is 0 Å². The highest BCUT2D eigenvalue weighted by atomic mass is 16.6. The first kappa shape index (κ1) is 21.9. The molecule has 1 aromatic heterocycles. The number of benzene rings is 3. The first-order valence-corrected chi connectivity index (χ1v) is 10.5. The Labute approximate surface area is 191 Å². The summed E-state index contributed by atoms with van der Waals surface area (Å²) in [5, 5.41) is 2.81. The van der Waals surface area contributed by atoms with Crippen LogP contribution in [0.4, 0.5) is 5.69 Å². The van der Waals surface area contributed by atoms with Gasteiger partial charge in [-0.2, -0.15) is 0 Å². The fourth-order valence-electron chi connectivity index (χ4n) is 3.24. The molecule has 4 aromatic rings. The Morgan fingerprint density at radius 2 is 1.48 bits per heavy atom.